The maximum absolute atomic E-state index is 11.4. The molecule has 0 bridgehead atoms. The third kappa shape index (κ3) is 2.58. The van der Waals surface area contributed by atoms with Crippen LogP contribution in [-0.4, -0.2) is 17.1 Å². The standard InChI is InChI=1S/C11H16N2O2/c1-8-9(7-15-13-8)6-10-4-2-3-5-11(14)12-10/h7,10H,2-6H2,1H3,(H,12,14). The lowest BCUT2D eigenvalue weighted by Crippen LogP contribution is -2.34. The SMILES string of the molecule is Cc1nocc1CC1CCCCC(=O)N1. The van der Waals surface area contributed by atoms with Crippen LogP contribution in [0.4, 0.5) is 0 Å². The quantitative estimate of drug-likeness (QED) is 0.802. The fourth-order valence-corrected chi connectivity index (χ4v) is 1.98. The summed E-state index contributed by atoms with van der Waals surface area (Å²) in [5.41, 5.74) is 2.02. The molecule has 4 nitrogen and oxygen atoms in total. The first kappa shape index (κ1) is 10.2. The molecule has 0 saturated carbocycles. The number of hydrogen-bond acceptors (Lipinski definition) is 3. The molecule has 0 aliphatic carbocycles. The molecule has 1 aromatic rings. The number of amides is 1. The van der Waals surface area contributed by atoms with Gasteiger partial charge in [-0.3, -0.25) is 4.79 Å². The molecular formula is C11H16N2O2. The second-order valence-electron chi connectivity index (χ2n) is 4.14. The Labute approximate surface area is 89.0 Å². The van der Waals surface area contributed by atoms with Gasteiger partial charge in [0.05, 0.1) is 5.69 Å². The van der Waals surface area contributed by atoms with E-state index in [1.54, 1.807) is 6.26 Å². The van der Waals surface area contributed by atoms with Gasteiger partial charge in [0.1, 0.15) is 6.26 Å². The molecule has 1 unspecified atom stereocenters. The van der Waals surface area contributed by atoms with Gasteiger partial charge in [0.2, 0.25) is 5.91 Å². The van der Waals surface area contributed by atoms with E-state index in [1.165, 1.54) is 0 Å². The zero-order valence-corrected chi connectivity index (χ0v) is 8.95. The topological polar surface area (TPSA) is 55.1 Å². The van der Waals surface area contributed by atoms with E-state index in [0.29, 0.717) is 6.42 Å². The molecular weight excluding hydrogens is 192 g/mol. The van der Waals surface area contributed by atoms with Crippen LogP contribution >= 0.6 is 0 Å². The van der Waals surface area contributed by atoms with Crippen molar-refractivity contribution in [1.29, 1.82) is 0 Å². The van der Waals surface area contributed by atoms with Gasteiger partial charge in [-0.2, -0.15) is 0 Å². The lowest BCUT2D eigenvalue weighted by Gasteiger charge is -2.14. The predicted octanol–water partition coefficient (Wildman–Crippen LogP) is 1.58. The summed E-state index contributed by atoms with van der Waals surface area (Å²) in [5.74, 6) is 0.173. The van der Waals surface area contributed by atoms with Gasteiger partial charge in [0, 0.05) is 18.0 Å². The zero-order valence-electron chi connectivity index (χ0n) is 8.95. The predicted molar refractivity (Wildman–Crippen MR) is 55.3 cm³/mol. The fraction of sp³-hybridized carbons (Fsp3) is 0.636. The molecule has 1 N–H and O–H groups in total. The molecule has 1 fully saturated rings. The van der Waals surface area contributed by atoms with Crippen molar-refractivity contribution >= 4 is 5.91 Å². The monoisotopic (exact) mass is 208 g/mol. The maximum atomic E-state index is 11.4. The van der Waals surface area contributed by atoms with E-state index in [1.807, 2.05) is 6.92 Å². The van der Waals surface area contributed by atoms with E-state index in [4.69, 9.17) is 4.52 Å². The normalized spacial score (nSPS) is 22.2. The molecule has 0 aromatic carbocycles. The average Bonchev–Trinajstić information content (AvgIpc) is 2.48. The number of aromatic nitrogens is 1. The highest BCUT2D eigenvalue weighted by molar-refractivity contribution is 5.76. The van der Waals surface area contributed by atoms with Crippen LogP contribution < -0.4 is 5.32 Å². The summed E-state index contributed by atoms with van der Waals surface area (Å²) in [7, 11) is 0. The van der Waals surface area contributed by atoms with Gasteiger partial charge in [-0.1, -0.05) is 11.6 Å². The van der Waals surface area contributed by atoms with E-state index in [9.17, 15) is 4.79 Å². The number of nitrogens with zero attached hydrogens (tertiary/aromatic N) is 1. The van der Waals surface area contributed by atoms with Crippen LogP contribution in [0.25, 0.3) is 0 Å². The van der Waals surface area contributed by atoms with E-state index >= 15 is 0 Å². The third-order valence-corrected chi connectivity index (χ3v) is 2.89. The van der Waals surface area contributed by atoms with Gasteiger partial charge >= 0.3 is 0 Å². The summed E-state index contributed by atoms with van der Waals surface area (Å²) in [6.07, 6.45) is 6.35. The Morgan fingerprint density at radius 3 is 3.20 bits per heavy atom. The van der Waals surface area contributed by atoms with E-state index in [-0.39, 0.29) is 11.9 Å². The van der Waals surface area contributed by atoms with E-state index in [2.05, 4.69) is 10.5 Å². The maximum Gasteiger partial charge on any atom is 0.220 e. The fourth-order valence-electron chi connectivity index (χ4n) is 1.98. The largest absolute Gasteiger partial charge is 0.364 e. The molecule has 1 amide bonds. The van der Waals surface area contributed by atoms with Crippen LogP contribution in [0.15, 0.2) is 10.8 Å². The van der Waals surface area contributed by atoms with Crippen molar-refractivity contribution in [3.05, 3.63) is 17.5 Å². The third-order valence-electron chi connectivity index (χ3n) is 2.89. The number of rotatable bonds is 2. The van der Waals surface area contributed by atoms with Crippen LogP contribution in [0.1, 0.15) is 36.9 Å². The van der Waals surface area contributed by atoms with Crippen molar-refractivity contribution in [3.63, 3.8) is 0 Å². The van der Waals surface area contributed by atoms with E-state index in [0.717, 1.165) is 36.9 Å². The van der Waals surface area contributed by atoms with E-state index < -0.39 is 0 Å². The van der Waals surface area contributed by atoms with Crippen molar-refractivity contribution in [2.75, 3.05) is 0 Å². The Balaban J connectivity index is 1.98. The van der Waals surface area contributed by atoms with Crippen LogP contribution in [0, 0.1) is 6.92 Å². The Morgan fingerprint density at radius 1 is 1.60 bits per heavy atom. The summed E-state index contributed by atoms with van der Waals surface area (Å²) in [6, 6.07) is 0.248. The first-order chi connectivity index (χ1) is 7.25. The highest BCUT2D eigenvalue weighted by Crippen LogP contribution is 2.15. The molecule has 0 radical (unpaired) electrons. The van der Waals surface area contributed by atoms with Crippen LogP contribution in [0.5, 0.6) is 0 Å². The summed E-state index contributed by atoms with van der Waals surface area (Å²) in [4.78, 5) is 11.4. The average molecular weight is 208 g/mol. The smallest absolute Gasteiger partial charge is 0.220 e. The van der Waals surface area contributed by atoms with Gasteiger partial charge in [-0.05, 0) is 26.2 Å². The molecule has 0 spiro atoms. The molecule has 4 heteroatoms. The van der Waals surface area contributed by atoms with Crippen LogP contribution in [0.2, 0.25) is 0 Å². The highest BCUT2D eigenvalue weighted by atomic mass is 16.5. The van der Waals surface area contributed by atoms with Crippen LogP contribution in [0.3, 0.4) is 0 Å². The van der Waals surface area contributed by atoms with Crippen molar-refractivity contribution in [1.82, 2.24) is 10.5 Å². The Morgan fingerprint density at radius 2 is 2.47 bits per heavy atom. The second-order valence-corrected chi connectivity index (χ2v) is 4.14. The molecule has 1 aromatic heterocycles. The molecule has 82 valence electrons. The molecule has 15 heavy (non-hydrogen) atoms. The first-order valence-corrected chi connectivity index (χ1v) is 5.45. The lowest BCUT2D eigenvalue weighted by molar-refractivity contribution is -0.121. The molecule has 1 aliphatic rings. The molecule has 2 rings (SSSR count). The Kier molecular flexibility index (Phi) is 3.04. The van der Waals surface area contributed by atoms with Gasteiger partial charge in [-0.15, -0.1) is 0 Å². The molecule has 1 saturated heterocycles. The van der Waals surface area contributed by atoms with Gasteiger partial charge in [0.25, 0.3) is 0 Å². The second kappa shape index (κ2) is 4.47. The van der Waals surface area contributed by atoms with Crippen molar-refractivity contribution < 1.29 is 9.32 Å². The van der Waals surface area contributed by atoms with Crippen LogP contribution in [-0.2, 0) is 11.2 Å². The molecule has 1 aliphatic heterocycles. The first-order valence-electron chi connectivity index (χ1n) is 5.45. The Hall–Kier alpha value is -1.32. The lowest BCUT2D eigenvalue weighted by atomic mass is 10.0. The number of aryl methyl sites for hydroxylation is 1. The summed E-state index contributed by atoms with van der Waals surface area (Å²) >= 11 is 0. The number of hydrogen-bond donors (Lipinski definition) is 1. The summed E-state index contributed by atoms with van der Waals surface area (Å²) < 4.78 is 4.88. The number of nitrogens with one attached hydrogen (secondary N) is 1. The number of carbonyl (C=O) groups is 1. The summed E-state index contributed by atoms with van der Waals surface area (Å²) in [6.45, 7) is 1.93. The molecule has 1 atom stereocenters. The minimum atomic E-state index is 0.173. The zero-order chi connectivity index (χ0) is 10.7. The van der Waals surface area contributed by atoms with Crippen molar-refractivity contribution in [2.24, 2.45) is 0 Å². The van der Waals surface area contributed by atoms with Gasteiger partial charge < -0.3 is 9.84 Å². The Bertz CT molecular complexity index is 346. The molecule has 2 heterocycles. The van der Waals surface area contributed by atoms with Crippen molar-refractivity contribution in [2.45, 2.75) is 45.1 Å². The summed E-state index contributed by atoms with van der Waals surface area (Å²) in [5, 5.41) is 6.87. The minimum Gasteiger partial charge on any atom is -0.364 e. The number of carbonyl (C=O) groups excluding carboxylic acids is 1. The van der Waals surface area contributed by atoms with Crippen molar-refractivity contribution in [3.8, 4) is 0 Å². The van der Waals surface area contributed by atoms with Gasteiger partial charge in [-0.25, -0.2) is 0 Å². The highest BCUT2D eigenvalue weighted by Gasteiger charge is 2.18. The minimum absolute atomic E-state index is 0.173. The van der Waals surface area contributed by atoms with Gasteiger partial charge in [0.15, 0.2) is 0 Å².